The Morgan fingerprint density at radius 3 is 2.90 bits per heavy atom. The highest BCUT2D eigenvalue weighted by Crippen LogP contribution is 2.17. The van der Waals surface area contributed by atoms with E-state index in [-0.39, 0.29) is 11.9 Å². The molecule has 20 heavy (non-hydrogen) atoms. The summed E-state index contributed by atoms with van der Waals surface area (Å²) in [7, 11) is 0. The summed E-state index contributed by atoms with van der Waals surface area (Å²) in [6, 6.07) is 7.49. The van der Waals surface area contributed by atoms with Crippen LogP contribution in [-0.2, 0) is 6.54 Å². The highest BCUT2D eigenvalue weighted by atomic mass is 32.1. The van der Waals surface area contributed by atoms with Crippen molar-refractivity contribution >= 4 is 22.9 Å². The molecule has 106 valence electrons. The second-order valence-electron chi connectivity index (χ2n) is 4.68. The topological polar surface area (TPSA) is 71.2 Å². The molecule has 0 aliphatic heterocycles. The molecule has 0 unspecified atom stereocenters. The fourth-order valence-corrected chi connectivity index (χ4v) is 2.55. The van der Waals surface area contributed by atoms with Crippen molar-refractivity contribution in [3.05, 3.63) is 46.4 Å². The number of rotatable bonds is 5. The van der Waals surface area contributed by atoms with Gasteiger partial charge in [-0.1, -0.05) is 6.07 Å². The molecule has 0 saturated carbocycles. The Morgan fingerprint density at radius 2 is 2.30 bits per heavy atom. The molecule has 2 heterocycles. The minimum absolute atomic E-state index is 0.0921. The van der Waals surface area contributed by atoms with Crippen LogP contribution in [0.2, 0.25) is 0 Å². The van der Waals surface area contributed by atoms with Crippen LogP contribution in [0, 0.1) is 0 Å². The second kappa shape index (κ2) is 6.49. The maximum atomic E-state index is 12.6. The Morgan fingerprint density at radius 1 is 1.50 bits per heavy atom. The van der Waals surface area contributed by atoms with Crippen molar-refractivity contribution in [3.63, 3.8) is 0 Å². The van der Waals surface area contributed by atoms with Gasteiger partial charge in [-0.05, 0) is 37.4 Å². The molecule has 0 atom stereocenters. The minimum atomic E-state index is -0.0921. The molecule has 0 radical (unpaired) electrons. The lowest BCUT2D eigenvalue weighted by Gasteiger charge is -2.26. The van der Waals surface area contributed by atoms with Gasteiger partial charge in [-0.25, -0.2) is 0 Å². The van der Waals surface area contributed by atoms with Gasteiger partial charge in [0.15, 0.2) is 0 Å². The molecule has 2 rings (SSSR count). The first-order valence-corrected chi connectivity index (χ1v) is 7.26. The van der Waals surface area contributed by atoms with Gasteiger partial charge < -0.3 is 10.3 Å². The molecule has 0 spiro atoms. The number of nitrogens with two attached hydrogens (primary N) is 1. The zero-order valence-electron chi connectivity index (χ0n) is 11.5. The van der Waals surface area contributed by atoms with Crippen LogP contribution in [0.15, 0.2) is 35.8 Å². The van der Waals surface area contributed by atoms with E-state index in [2.05, 4.69) is 10.4 Å². The summed E-state index contributed by atoms with van der Waals surface area (Å²) in [4.78, 5) is 19.7. The largest absolute Gasteiger partial charge is 0.330 e. The molecule has 1 amide bonds. The highest BCUT2D eigenvalue weighted by molar-refractivity contribution is 7.09. The number of carbonyl (C=O) groups excluding carboxylic acids is 1. The molecule has 0 aromatic carbocycles. The number of amides is 1. The highest BCUT2D eigenvalue weighted by Gasteiger charge is 2.20. The van der Waals surface area contributed by atoms with E-state index < -0.39 is 0 Å². The lowest BCUT2D eigenvalue weighted by molar-refractivity contribution is 0.0686. The van der Waals surface area contributed by atoms with E-state index >= 15 is 0 Å². The molecule has 0 saturated heterocycles. The Balaban J connectivity index is 2.22. The van der Waals surface area contributed by atoms with Crippen molar-refractivity contribution < 1.29 is 4.79 Å². The van der Waals surface area contributed by atoms with Gasteiger partial charge in [-0.15, -0.1) is 11.3 Å². The van der Waals surface area contributed by atoms with Gasteiger partial charge in [0.2, 0.25) is 0 Å². The molecule has 0 aliphatic carbocycles. The van der Waals surface area contributed by atoms with Gasteiger partial charge in [0, 0.05) is 17.1 Å². The zero-order valence-corrected chi connectivity index (χ0v) is 12.4. The van der Waals surface area contributed by atoms with E-state index in [0.29, 0.717) is 17.9 Å². The van der Waals surface area contributed by atoms with Crippen LogP contribution in [0.3, 0.4) is 0 Å². The lowest BCUT2D eigenvalue weighted by atomic mass is 10.2. The summed E-state index contributed by atoms with van der Waals surface area (Å²) in [6.07, 6.45) is 1.58. The van der Waals surface area contributed by atoms with Crippen LogP contribution in [-0.4, -0.2) is 21.8 Å². The Bertz CT molecular complexity index is 568. The summed E-state index contributed by atoms with van der Waals surface area (Å²) in [5, 5.41) is 2.01. The predicted molar refractivity (Wildman–Crippen MR) is 81.4 cm³/mol. The summed E-state index contributed by atoms with van der Waals surface area (Å²) in [6.45, 7) is 4.59. The number of aromatic nitrogens is 1. The maximum Gasteiger partial charge on any atom is 0.273 e. The number of nitrogens with zero attached hydrogens (tertiary/aromatic N) is 2. The van der Waals surface area contributed by atoms with Crippen LogP contribution < -0.4 is 11.3 Å². The molecular formula is C14H18N4OS. The molecular weight excluding hydrogens is 272 g/mol. The molecule has 5 nitrogen and oxygen atoms in total. The zero-order chi connectivity index (χ0) is 14.5. The standard InChI is InChI=1S/C14H18N4OS/c1-10(2)18(9-12-4-3-7-20-12)14(19)13-8-11(17-15)5-6-16-13/h3-8,10H,9,15H2,1-2H3,(H,16,17). The number of carbonyl (C=O) groups is 1. The van der Waals surface area contributed by atoms with E-state index in [4.69, 9.17) is 5.84 Å². The van der Waals surface area contributed by atoms with E-state index in [9.17, 15) is 4.79 Å². The number of thiophene rings is 1. The van der Waals surface area contributed by atoms with Crippen LogP contribution >= 0.6 is 11.3 Å². The number of hydrogen-bond acceptors (Lipinski definition) is 5. The summed E-state index contributed by atoms with van der Waals surface area (Å²) in [5.74, 6) is 5.27. The first-order chi connectivity index (χ1) is 9.61. The van der Waals surface area contributed by atoms with Gasteiger partial charge in [-0.2, -0.15) is 0 Å². The van der Waals surface area contributed by atoms with Crippen molar-refractivity contribution in [1.29, 1.82) is 0 Å². The Kier molecular flexibility index (Phi) is 4.70. The smallest absolute Gasteiger partial charge is 0.273 e. The number of hydrazine groups is 1. The normalized spacial score (nSPS) is 10.6. The average Bonchev–Trinajstić information content (AvgIpc) is 2.97. The first kappa shape index (κ1) is 14.5. The van der Waals surface area contributed by atoms with Crippen LogP contribution in [0.1, 0.15) is 29.2 Å². The van der Waals surface area contributed by atoms with Crippen molar-refractivity contribution in [3.8, 4) is 0 Å². The van der Waals surface area contributed by atoms with E-state index in [1.54, 1.807) is 34.6 Å². The van der Waals surface area contributed by atoms with Gasteiger partial charge in [-0.3, -0.25) is 15.6 Å². The van der Waals surface area contributed by atoms with Crippen molar-refractivity contribution in [2.24, 2.45) is 5.84 Å². The number of hydrogen-bond donors (Lipinski definition) is 2. The fourth-order valence-electron chi connectivity index (χ4n) is 1.84. The molecule has 6 heteroatoms. The third-order valence-corrected chi connectivity index (χ3v) is 3.80. The lowest BCUT2D eigenvalue weighted by Crippen LogP contribution is -2.36. The second-order valence-corrected chi connectivity index (χ2v) is 5.71. The van der Waals surface area contributed by atoms with Crippen LogP contribution in [0.5, 0.6) is 0 Å². The molecule has 2 aromatic heterocycles. The van der Waals surface area contributed by atoms with E-state index in [1.807, 2.05) is 31.4 Å². The number of nitrogen functional groups attached to an aromatic ring is 1. The van der Waals surface area contributed by atoms with E-state index in [0.717, 1.165) is 4.88 Å². The number of nitrogens with one attached hydrogen (secondary N) is 1. The summed E-state index contributed by atoms with van der Waals surface area (Å²) < 4.78 is 0. The Labute approximate surface area is 122 Å². The Hall–Kier alpha value is -1.92. The number of pyridine rings is 1. The molecule has 0 fully saturated rings. The van der Waals surface area contributed by atoms with Gasteiger partial charge >= 0.3 is 0 Å². The monoisotopic (exact) mass is 290 g/mol. The molecule has 3 N–H and O–H groups in total. The van der Waals surface area contributed by atoms with Gasteiger partial charge in [0.25, 0.3) is 5.91 Å². The van der Waals surface area contributed by atoms with Gasteiger partial charge in [0.05, 0.1) is 12.2 Å². The van der Waals surface area contributed by atoms with Crippen molar-refractivity contribution in [2.75, 3.05) is 5.43 Å². The van der Waals surface area contributed by atoms with E-state index in [1.165, 1.54) is 0 Å². The third kappa shape index (κ3) is 3.34. The predicted octanol–water partition coefficient (Wildman–Crippen LogP) is 2.48. The third-order valence-electron chi connectivity index (χ3n) is 2.94. The van der Waals surface area contributed by atoms with Crippen LogP contribution in [0.25, 0.3) is 0 Å². The fraction of sp³-hybridized carbons (Fsp3) is 0.286. The van der Waals surface area contributed by atoms with Crippen LogP contribution in [0.4, 0.5) is 5.69 Å². The number of anilines is 1. The van der Waals surface area contributed by atoms with Gasteiger partial charge in [0.1, 0.15) is 5.69 Å². The SMILES string of the molecule is CC(C)N(Cc1cccs1)C(=O)c1cc(NN)ccn1. The first-order valence-electron chi connectivity index (χ1n) is 6.38. The van der Waals surface area contributed by atoms with Crippen molar-refractivity contribution in [2.45, 2.75) is 26.4 Å². The molecule has 0 aliphatic rings. The molecule has 0 bridgehead atoms. The maximum absolute atomic E-state index is 12.6. The molecule has 2 aromatic rings. The minimum Gasteiger partial charge on any atom is -0.330 e. The summed E-state index contributed by atoms with van der Waals surface area (Å²) in [5.41, 5.74) is 3.59. The average molecular weight is 290 g/mol. The quantitative estimate of drug-likeness (QED) is 0.655. The van der Waals surface area contributed by atoms with Crippen molar-refractivity contribution in [1.82, 2.24) is 9.88 Å². The summed E-state index contributed by atoms with van der Waals surface area (Å²) >= 11 is 1.64.